The van der Waals surface area contributed by atoms with Crippen molar-refractivity contribution in [1.29, 1.82) is 0 Å². The number of carboxylic acids is 1. The van der Waals surface area contributed by atoms with E-state index in [0.29, 0.717) is 12.2 Å². The Bertz CT molecular complexity index is 825. The van der Waals surface area contributed by atoms with Crippen LogP contribution in [0.25, 0.3) is 10.9 Å². The maximum Gasteiger partial charge on any atom is 0.352 e. The molecule has 0 aliphatic carbocycles. The van der Waals surface area contributed by atoms with Crippen molar-refractivity contribution in [2.24, 2.45) is 0 Å². The van der Waals surface area contributed by atoms with Gasteiger partial charge in [-0.15, -0.1) is 0 Å². The predicted octanol–water partition coefficient (Wildman–Crippen LogP) is 2.48. The third-order valence-electron chi connectivity index (χ3n) is 3.90. The normalized spacial score (nSPS) is 11.2. The molecule has 1 aromatic carbocycles. The summed E-state index contributed by atoms with van der Waals surface area (Å²) in [7, 11) is -0.928. The van der Waals surface area contributed by atoms with Crippen molar-refractivity contribution in [3.63, 3.8) is 0 Å². The number of nitrogens with zero attached hydrogens (tertiary/aromatic N) is 2. The lowest BCUT2D eigenvalue weighted by Gasteiger charge is -2.10. The van der Waals surface area contributed by atoms with Crippen molar-refractivity contribution in [3.8, 4) is 0 Å². The maximum atomic E-state index is 11.6. The van der Waals surface area contributed by atoms with Crippen molar-refractivity contribution in [3.05, 3.63) is 60.0 Å². The van der Waals surface area contributed by atoms with Gasteiger partial charge in [-0.05, 0) is 29.8 Å². The molecule has 112 valence electrons. The van der Waals surface area contributed by atoms with Gasteiger partial charge in [0.25, 0.3) is 0 Å². The van der Waals surface area contributed by atoms with Crippen LogP contribution in [-0.4, -0.2) is 29.4 Å². The van der Waals surface area contributed by atoms with Gasteiger partial charge in [0, 0.05) is 29.8 Å². The third kappa shape index (κ3) is 2.67. The van der Waals surface area contributed by atoms with Crippen LogP contribution in [0, 0.1) is 0 Å². The Morgan fingerprint density at radius 3 is 2.55 bits per heavy atom. The van der Waals surface area contributed by atoms with Gasteiger partial charge in [0.1, 0.15) is 5.69 Å². The topological polar surface area (TPSA) is 55.1 Å². The summed E-state index contributed by atoms with van der Waals surface area (Å²) in [4.78, 5) is 15.6. The minimum Gasteiger partial charge on any atom is -0.477 e. The average Bonchev–Trinajstić information content (AvgIpc) is 2.86. The molecule has 3 aromatic rings. The quantitative estimate of drug-likeness (QED) is 0.753. The molecule has 2 heterocycles. The van der Waals surface area contributed by atoms with Crippen LogP contribution in [0.1, 0.15) is 16.1 Å². The molecule has 0 aliphatic heterocycles. The van der Waals surface area contributed by atoms with Crippen LogP contribution in [0.15, 0.2) is 48.8 Å². The monoisotopic (exact) mass is 310 g/mol. The maximum absolute atomic E-state index is 11.6. The van der Waals surface area contributed by atoms with Crippen molar-refractivity contribution >= 4 is 30.9 Å². The molecule has 3 rings (SSSR count). The predicted molar refractivity (Wildman–Crippen MR) is 90.7 cm³/mol. The second-order valence-electron chi connectivity index (χ2n) is 5.75. The van der Waals surface area contributed by atoms with E-state index in [9.17, 15) is 9.90 Å². The number of fused-ring (bicyclic) bond motifs is 1. The van der Waals surface area contributed by atoms with Crippen LogP contribution < -0.4 is 5.19 Å². The first kappa shape index (κ1) is 14.5. The van der Waals surface area contributed by atoms with E-state index in [-0.39, 0.29) is 0 Å². The molecular formula is C17H18N2O2Si. The van der Waals surface area contributed by atoms with E-state index in [1.807, 2.05) is 22.8 Å². The molecule has 0 aliphatic rings. The highest BCUT2D eigenvalue weighted by Gasteiger charge is 2.16. The highest BCUT2D eigenvalue weighted by Crippen LogP contribution is 2.21. The van der Waals surface area contributed by atoms with Gasteiger partial charge in [0.15, 0.2) is 0 Å². The minimum atomic E-state index is -0.928. The Balaban J connectivity index is 2.17. The van der Waals surface area contributed by atoms with E-state index in [1.54, 1.807) is 18.5 Å². The average molecular weight is 310 g/mol. The smallest absolute Gasteiger partial charge is 0.352 e. The molecule has 0 spiro atoms. The van der Waals surface area contributed by atoms with Gasteiger partial charge in [-0.2, -0.15) is 0 Å². The molecule has 0 saturated heterocycles. The summed E-state index contributed by atoms with van der Waals surface area (Å²) in [5.74, 6) is -0.895. The molecular weight excluding hydrogens is 292 g/mol. The van der Waals surface area contributed by atoms with E-state index < -0.39 is 14.8 Å². The largest absolute Gasteiger partial charge is 0.477 e. The van der Waals surface area contributed by atoms with Crippen molar-refractivity contribution in [1.82, 2.24) is 9.55 Å². The van der Waals surface area contributed by atoms with Gasteiger partial charge in [0.2, 0.25) is 0 Å². The van der Waals surface area contributed by atoms with E-state index in [2.05, 4.69) is 30.2 Å². The van der Waals surface area contributed by atoms with E-state index in [1.165, 1.54) is 5.19 Å². The first-order chi connectivity index (χ1) is 10.6. The number of carboxylic acid groups (broad SMARTS) is 1. The number of rotatable bonds is 4. The van der Waals surface area contributed by atoms with Crippen LogP contribution in [0.3, 0.4) is 0 Å². The van der Waals surface area contributed by atoms with Gasteiger partial charge in [-0.1, -0.05) is 30.4 Å². The molecule has 0 bridgehead atoms. The van der Waals surface area contributed by atoms with Crippen molar-refractivity contribution in [2.75, 3.05) is 0 Å². The summed E-state index contributed by atoms with van der Waals surface area (Å²) in [6.07, 6.45) is 3.46. The third-order valence-corrected chi connectivity index (χ3v) is 5.60. The number of hydrogen-bond acceptors (Lipinski definition) is 2. The summed E-state index contributed by atoms with van der Waals surface area (Å²) in [6, 6.07) is 11.9. The van der Waals surface area contributed by atoms with Gasteiger partial charge in [-0.25, -0.2) is 4.79 Å². The molecule has 0 unspecified atom stereocenters. The molecule has 5 heteroatoms. The molecule has 2 aromatic heterocycles. The summed E-state index contributed by atoms with van der Waals surface area (Å²) in [5, 5.41) is 11.8. The number of carbonyl (C=O) groups is 1. The van der Waals surface area contributed by atoms with Crippen LogP contribution in [0.5, 0.6) is 0 Å². The molecule has 22 heavy (non-hydrogen) atoms. The second-order valence-corrected chi connectivity index (χ2v) is 8.73. The fourth-order valence-electron chi connectivity index (χ4n) is 2.65. The summed E-state index contributed by atoms with van der Waals surface area (Å²) in [6.45, 7) is 5.08. The molecule has 0 amide bonds. The van der Waals surface area contributed by atoms with E-state index >= 15 is 0 Å². The number of pyridine rings is 1. The number of benzene rings is 1. The lowest BCUT2D eigenvalue weighted by atomic mass is 10.2. The fourth-order valence-corrected chi connectivity index (χ4v) is 3.62. The van der Waals surface area contributed by atoms with Gasteiger partial charge >= 0.3 is 5.97 Å². The lowest BCUT2D eigenvalue weighted by Crippen LogP contribution is -2.22. The van der Waals surface area contributed by atoms with Crippen molar-refractivity contribution < 1.29 is 9.90 Å². The first-order valence-corrected chi connectivity index (χ1v) is 10.2. The molecule has 1 N–H and O–H groups in total. The Kier molecular flexibility index (Phi) is 3.81. The van der Waals surface area contributed by atoms with Crippen LogP contribution in [0.4, 0.5) is 0 Å². The van der Waals surface area contributed by atoms with Gasteiger partial charge in [-0.3, -0.25) is 4.98 Å². The highest BCUT2D eigenvalue weighted by atomic mass is 28.3. The van der Waals surface area contributed by atoms with Crippen LogP contribution in [-0.2, 0) is 6.54 Å². The second kappa shape index (κ2) is 5.77. The van der Waals surface area contributed by atoms with Crippen LogP contribution in [0.2, 0.25) is 13.1 Å². The lowest BCUT2D eigenvalue weighted by molar-refractivity contribution is 0.0686. The Morgan fingerprint density at radius 2 is 1.91 bits per heavy atom. The Hall–Kier alpha value is -2.40. The zero-order chi connectivity index (χ0) is 15.7. The zero-order valence-corrected chi connectivity index (χ0v) is 13.8. The van der Waals surface area contributed by atoms with E-state index in [0.717, 1.165) is 16.5 Å². The SMILES string of the molecule is C[SiH](C)c1ccc2cc(C(=O)O)n(Cc3ccncc3)c2c1. The van der Waals surface area contributed by atoms with Gasteiger partial charge in [0.05, 0.1) is 8.80 Å². The van der Waals surface area contributed by atoms with Gasteiger partial charge < -0.3 is 9.67 Å². The minimum absolute atomic E-state index is 0.328. The molecule has 0 radical (unpaired) electrons. The first-order valence-electron chi connectivity index (χ1n) is 7.31. The summed E-state index contributed by atoms with van der Waals surface area (Å²) < 4.78 is 1.88. The zero-order valence-electron chi connectivity index (χ0n) is 12.7. The number of aromatic carboxylic acids is 1. The molecule has 0 fully saturated rings. The molecule has 0 saturated carbocycles. The van der Waals surface area contributed by atoms with Crippen molar-refractivity contribution in [2.45, 2.75) is 19.6 Å². The standard InChI is InChI=1S/C17H18N2O2Si/c1-22(2)14-4-3-13-9-16(17(20)21)19(15(13)10-14)11-12-5-7-18-8-6-12/h3-10,22H,11H2,1-2H3,(H,20,21). The Morgan fingerprint density at radius 1 is 1.18 bits per heavy atom. The fraction of sp³-hybridized carbons (Fsp3) is 0.176. The Labute approximate surface area is 130 Å². The molecule has 4 nitrogen and oxygen atoms in total. The van der Waals surface area contributed by atoms with E-state index in [4.69, 9.17) is 0 Å². The van der Waals surface area contributed by atoms with Crippen LogP contribution >= 0.6 is 0 Å². The number of aromatic nitrogens is 2. The summed E-state index contributed by atoms with van der Waals surface area (Å²) in [5.41, 5.74) is 2.37. The highest BCUT2D eigenvalue weighted by molar-refractivity contribution is 6.70. The number of hydrogen-bond donors (Lipinski definition) is 1. The molecule has 0 atom stereocenters. The summed E-state index contributed by atoms with van der Waals surface area (Å²) >= 11 is 0.